The third-order valence-corrected chi connectivity index (χ3v) is 16.5. The maximum absolute atomic E-state index is 14.8. The minimum Gasteiger partial charge on any atom is -0.445 e. The molecule has 1 saturated heterocycles. The molecule has 61 heavy (non-hydrogen) atoms. The van der Waals surface area contributed by atoms with E-state index in [1.807, 2.05) is 126 Å². The van der Waals surface area contributed by atoms with Gasteiger partial charge in [0.1, 0.15) is 18.2 Å². The Kier molecular flexibility index (Phi) is 17.6. The lowest BCUT2D eigenvalue weighted by atomic mass is 9.88. The lowest BCUT2D eigenvalue weighted by Gasteiger charge is -2.42. The molecular formula is C49H72N4O7Si. The molecule has 0 aliphatic carbocycles. The minimum atomic E-state index is -2.49. The zero-order chi connectivity index (χ0) is 45.0. The number of carbonyl (C=O) groups excluding carboxylic acids is 4. The molecule has 11 nitrogen and oxygen atoms in total. The average molecular weight is 857 g/mol. The summed E-state index contributed by atoms with van der Waals surface area (Å²) in [4.78, 5) is 59.0. The van der Waals surface area contributed by atoms with Gasteiger partial charge in [0.2, 0.25) is 11.8 Å². The van der Waals surface area contributed by atoms with Crippen LogP contribution in [0.3, 0.4) is 0 Å². The van der Waals surface area contributed by atoms with E-state index in [9.17, 15) is 19.2 Å². The van der Waals surface area contributed by atoms with Crippen LogP contribution < -0.4 is 10.6 Å². The maximum atomic E-state index is 14.8. The molecule has 0 bridgehead atoms. The Balaban J connectivity index is 1.58. The van der Waals surface area contributed by atoms with Gasteiger partial charge < -0.3 is 34.3 Å². The number of rotatable bonds is 17. The zero-order valence-corrected chi connectivity index (χ0v) is 39.5. The van der Waals surface area contributed by atoms with E-state index in [-0.39, 0.29) is 41.8 Å². The second kappa shape index (κ2) is 21.9. The smallest absolute Gasteiger partial charge is 0.410 e. The first-order valence-electron chi connectivity index (χ1n) is 21.9. The van der Waals surface area contributed by atoms with Crippen molar-refractivity contribution in [2.24, 2.45) is 11.8 Å². The van der Waals surface area contributed by atoms with Gasteiger partial charge in [-0.25, -0.2) is 9.59 Å². The number of carbonyl (C=O) groups is 4. The van der Waals surface area contributed by atoms with Crippen molar-refractivity contribution in [1.82, 2.24) is 20.4 Å². The number of nitrogens with one attached hydrogen (secondary N) is 2. The van der Waals surface area contributed by atoms with E-state index in [2.05, 4.69) is 44.5 Å². The average Bonchev–Trinajstić information content (AvgIpc) is 3.20. The van der Waals surface area contributed by atoms with E-state index < -0.39 is 50.2 Å². The Morgan fingerprint density at radius 3 is 1.77 bits per heavy atom. The standard InChI is InChI=1S/C49H72N4O7Si/c1-35(2)43(45(55)53-29-27-40(28-30-53)52(9)47(57)58-34-38-25-19-14-20-26-38)51-44(54)39(31-36-21-15-12-16-22-36)33-42(60-61(10,11)49(6,7)8)41(32-37-23-17-13-18-24-37)50-46(56)59-48(3,4)5/h12-26,35,39-43H,27-34H2,1-11H3,(H,50,56)(H,51,54). The molecule has 4 unspecified atom stereocenters. The summed E-state index contributed by atoms with van der Waals surface area (Å²) < 4.78 is 18.6. The maximum Gasteiger partial charge on any atom is 0.410 e. The van der Waals surface area contributed by atoms with Gasteiger partial charge in [0.15, 0.2) is 8.32 Å². The van der Waals surface area contributed by atoms with E-state index in [1.165, 1.54) is 0 Å². The largest absolute Gasteiger partial charge is 0.445 e. The van der Waals surface area contributed by atoms with Crippen LogP contribution in [0.4, 0.5) is 9.59 Å². The number of benzene rings is 3. The monoisotopic (exact) mass is 857 g/mol. The number of likely N-dealkylation sites (tertiary alicyclic amines) is 1. The number of hydrogen-bond donors (Lipinski definition) is 2. The molecular weight excluding hydrogens is 785 g/mol. The molecule has 0 radical (unpaired) electrons. The summed E-state index contributed by atoms with van der Waals surface area (Å²) in [6.07, 6.45) is 0.831. The van der Waals surface area contributed by atoms with Gasteiger partial charge in [0.25, 0.3) is 0 Å². The van der Waals surface area contributed by atoms with Crippen molar-refractivity contribution in [2.45, 2.75) is 142 Å². The van der Waals surface area contributed by atoms with Gasteiger partial charge in [-0.2, -0.15) is 0 Å². The molecule has 1 aliphatic heterocycles. The predicted octanol–water partition coefficient (Wildman–Crippen LogP) is 9.16. The van der Waals surface area contributed by atoms with Crippen LogP contribution >= 0.6 is 0 Å². The van der Waals surface area contributed by atoms with Crippen LogP contribution in [0.5, 0.6) is 0 Å². The molecule has 3 aromatic rings. The summed E-state index contributed by atoms with van der Waals surface area (Å²) in [6.45, 7) is 21.4. The normalized spacial score (nSPS) is 15.9. The highest BCUT2D eigenvalue weighted by Gasteiger charge is 2.43. The van der Waals surface area contributed by atoms with Gasteiger partial charge >= 0.3 is 12.2 Å². The Bertz CT molecular complexity index is 1840. The molecule has 2 N–H and O–H groups in total. The summed E-state index contributed by atoms with van der Waals surface area (Å²) in [5, 5.41) is 6.21. The minimum absolute atomic E-state index is 0.0781. The van der Waals surface area contributed by atoms with Crippen molar-refractivity contribution in [3.8, 4) is 0 Å². The second-order valence-electron chi connectivity index (χ2n) is 19.4. The van der Waals surface area contributed by atoms with Crippen molar-refractivity contribution in [1.29, 1.82) is 0 Å². The fraction of sp³-hybridized carbons (Fsp3) is 0.551. The zero-order valence-electron chi connectivity index (χ0n) is 38.5. The van der Waals surface area contributed by atoms with E-state index in [0.29, 0.717) is 38.8 Å². The van der Waals surface area contributed by atoms with Gasteiger partial charge in [0.05, 0.1) is 12.1 Å². The number of ether oxygens (including phenoxy) is 2. The molecule has 4 rings (SSSR count). The van der Waals surface area contributed by atoms with Crippen molar-refractivity contribution in [2.75, 3.05) is 20.1 Å². The van der Waals surface area contributed by atoms with Gasteiger partial charge in [-0.3, -0.25) is 9.59 Å². The van der Waals surface area contributed by atoms with E-state index in [0.717, 1.165) is 16.7 Å². The Hall–Kier alpha value is -4.68. The molecule has 3 aromatic carbocycles. The summed E-state index contributed by atoms with van der Waals surface area (Å²) in [5.74, 6) is -1.18. The Morgan fingerprint density at radius 1 is 0.770 bits per heavy atom. The van der Waals surface area contributed by atoms with E-state index in [1.54, 1.807) is 16.8 Å². The molecule has 4 atom stereocenters. The van der Waals surface area contributed by atoms with Crippen molar-refractivity contribution in [3.05, 3.63) is 108 Å². The molecule has 1 fully saturated rings. The molecule has 0 spiro atoms. The van der Waals surface area contributed by atoms with Crippen molar-refractivity contribution in [3.63, 3.8) is 0 Å². The highest BCUT2D eigenvalue weighted by atomic mass is 28.4. The number of amides is 4. The van der Waals surface area contributed by atoms with Crippen molar-refractivity contribution >= 4 is 32.3 Å². The first-order chi connectivity index (χ1) is 28.6. The summed E-state index contributed by atoms with van der Waals surface area (Å²) >= 11 is 0. The third-order valence-electron chi connectivity index (χ3n) is 12.0. The summed E-state index contributed by atoms with van der Waals surface area (Å²) in [5.41, 5.74) is 2.20. The molecule has 0 saturated carbocycles. The second-order valence-corrected chi connectivity index (χ2v) is 24.2. The topological polar surface area (TPSA) is 127 Å². The summed E-state index contributed by atoms with van der Waals surface area (Å²) in [7, 11) is -0.743. The van der Waals surface area contributed by atoms with Crippen LogP contribution in [-0.2, 0) is 42.9 Å². The molecule has 334 valence electrons. The lowest BCUT2D eigenvalue weighted by molar-refractivity contribution is -0.140. The van der Waals surface area contributed by atoms with E-state index in [4.69, 9.17) is 13.9 Å². The number of nitrogens with zero attached hydrogens (tertiary/aromatic N) is 2. The van der Waals surface area contributed by atoms with E-state index >= 15 is 0 Å². The van der Waals surface area contributed by atoms with Gasteiger partial charge in [0, 0.05) is 32.1 Å². The van der Waals surface area contributed by atoms with Crippen LogP contribution in [0.1, 0.15) is 91.3 Å². The van der Waals surface area contributed by atoms with Crippen LogP contribution in [0.2, 0.25) is 18.1 Å². The fourth-order valence-electron chi connectivity index (χ4n) is 7.34. The first-order valence-corrected chi connectivity index (χ1v) is 24.8. The highest BCUT2D eigenvalue weighted by Crippen LogP contribution is 2.39. The molecule has 1 heterocycles. The van der Waals surface area contributed by atoms with Crippen LogP contribution in [0, 0.1) is 11.8 Å². The number of hydrogen-bond acceptors (Lipinski definition) is 7. The van der Waals surface area contributed by atoms with Crippen LogP contribution in [0.15, 0.2) is 91.0 Å². The Morgan fingerprint density at radius 2 is 1.28 bits per heavy atom. The molecule has 0 aromatic heterocycles. The highest BCUT2D eigenvalue weighted by molar-refractivity contribution is 6.74. The first kappa shape index (κ1) is 49.0. The summed E-state index contributed by atoms with van der Waals surface area (Å²) in [6, 6.07) is 28.0. The van der Waals surface area contributed by atoms with Gasteiger partial charge in [-0.1, -0.05) is 126 Å². The lowest BCUT2D eigenvalue weighted by Crippen LogP contribution is -2.57. The quantitative estimate of drug-likeness (QED) is 0.130. The van der Waals surface area contributed by atoms with Gasteiger partial charge in [-0.05, 0) is 93.6 Å². The third kappa shape index (κ3) is 15.3. The molecule has 12 heteroatoms. The molecule has 1 aliphatic rings. The van der Waals surface area contributed by atoms with Crippen LogP contribution in [0.25, 0.3) is 0 Å². The van der Waals surface area contributed by atoms with Gasteiger partial charge in [-0.15, -0.1) is 0 Å². The fourth-order valence-corrected chi connectivity index (χ4v) is 8.71. The predicted molar refractivity (Wildman–Crippen MR) is 244 cm³/mol. The Labute approximate surface area is 366 Å². The number of alkyl carbamates (subject to hydrolysis) is 1. The van der Waals surface area contributed by atoms with Crippen LogP contribution in [-0.4, -0.2) is 92.1 Å². The number of piperidine rings is 1. The SMILES string of the molecule is CC(C)C(NC(=O)C(Cc1ccccc1)CC(O[Si](C)(C)C(C)(C)C)C(Cc1ccccc1)NC(=O)OC(C)(C)C)C(=O)N1CCC(N(C)C(=O)OCc2ccccc2)CC1. The van der Waals surface area contributed by atoms with Crippen molar-refractivity contribution < 1.29 is 33.1 Å². The molecule has 4 amide bonds.